The number of methoxy groups -OCH3 is 2. The predicted octanol–water partition coefficient (Wildman–Crippen LogP) is 3.49. The van der Waals surface area contributed by atoms with E-state index in [0.29, 0.717) is 36.1 Å². The summed E-state index contributed by atoms with van der Waals surface area (Å²) < 4.78 is 24.1. The van der Waals surface area contributed by atoms with Crippen molar-refractivity contribution in [2.24, 2.45) is 4.99 Å². The zero-order chi connectivity index (χ0) is 21.9. The topological polar surface area (TPSA) is 75.1 Å². The Balaban J connectivity index is 2.09. The molecular formula is C22H30FN3O3S. The van der Waals surface area contributed by atoms with Crippen LogP contribution in [-0.4, -0.2) is 44.6 Å². The molecule has 0 heterocycles. The average Bonchev–Trinajstić information content (AvgIpc) is 2.76. The number of halogens is 1. The summed E-state index contributed by atoms with van der Waals surface area (Å²) in [5.74, 6) is 2.28. The molecule has 0 aliphatic carbocycles. The van der Waals surface area contributed by atoms with Crippen LogP contribution in [0.5, 0.6) is 11.5 Å². The molecule has 30 heavy (non-hydrogen) atoms. The number of aliphatic hydroxyl groups excluding tert-OH is 1. The Morgan fingerprint density at radius 1 is 1.10 bits per heavy atom. The van der Waals surface area contributed by atoms with E-state index >= 15 is 0 Å². The lowest BCUT2D eigenvalue weighted by molar-refractivity contribution is 0.180. The zero-order valence-electron chi connectivity index (χ0n) is 17.9. The molecule has 0 aliphatic heterocycles. The lowest BCUT2D eigenvalue weighted by atomic mass is 10.1. The van der Waals surface area contributed by atoms with Crippen molar-refractivity contribution in [1.82, 2.24) is 10.6 Å². The summed E-state index contributed by atoms with van der Waals surface area (Å²) in [6, 6.07) is 10.1. The van der Waals surface area contributed by atoms with Gasteiger partial charge >= 0.3 is 0 Å². The molecule has 0 aromatic heterocycles. The number of hydrogen-bond donors (Lipinski definition) is 3. The molecule has 0 spiro atoms. The van der Waals surface area contributed by atoms with Crippen molar-refractivity contribution in [2.75, 3.05) is 33.6 Å². The summed E-state index contributed by atoms with van der Waals surface area (Å²) >= 11 is 1.64. The Morgan fingerprint density at radius 2 is 1.80 bits per heavy atom. The Kier molecular flexibility index (Phi) is 9.76. The summed E-state index contributed by atoms with van der Waals surface area (Å²) in [5, 5.41) is 16.9. The zero-order valence-corrected chi connectivity index (χ0v) is 18.7. The van der Waals surface area contributed by atoms with Gasteiger partial charge in [-0.2, -0.15) is 11.8 Å². The van der Waals surface area contributed by atoms with E-state index in [1.807, 2.05) is 13.2 Å². The number of nitrogens with zero attached hydrogens (tertiary/aromatic N) is 1. The highest BCUT2D eigenvalue weighted by molar-refractivity contribution is 7.97. The van der Waals surface area contributed by atoms with Crippen LogP contribution in [0.25, 0.3) is 0 Å². The highest BCUT2D eigenvalue weighted by Gasteiger charge is 2.12. The first-order chi connectivity index (χ1) is 14.5. The van der Waals surface area contributed by atoms with E-state index in [0.717, 1.165) is 16.9 Å². The average molecular weight is 436 g/mol. The van der Waals surface area contributed by atoms with Gasteiger partial charge in [-0.3, -0.25) is 0 Å². The number of guanidine groups is 1. The van der Waals surface area contributed by atoms with Crippen molar-refractivity contribution in [3.05, 3.63) is 58.9 Å². The van der Waals surface area contributed by atoms with Gasteiger partial charge in [0.25, 0.3) is 0 Å². The van der Waals surface area contributed by atoms with E-state index in [1.54, 1.807) is 56.3 Å². The molecule has 0 amide bonds. The van der Waals surface area contributed by atoms with Crippen LogP contribution in [0.3, 0.4) is 0 Å². The molecule has 0 saturated carbocycles. The molecule has 2 aromatic rings. The monoisotopic (exact) mass is 435 g/mol. The van der Waals surface area contributed by atoms with Crippen LogP contribution >= 0.6 is 11.8 Å². The molecule has 164 valence electrons. The molecule has 2 aromatic carbocycles. The van der Waals surface area contributed by atoms with Crippen molar-refractivity contribution < 1.29 is 19.0 Å². The Hall–Kier alpha value is -2.45. The highest BCUT2D eigenvalue weighted by Crippen LogP contribution is 2.26. The summed E-state index contributed by atoms with van der Waals surface area (Å²) in [5.41, 5.74) is 2.59. The largest absolute Gasteiger partial charge is 0.497 e. The van der Waals surface area contributed by atoms with Gasteiger partial charge in [-0.1, -0.05) is 6.07 Å². The van der Waals surface area contributed by atoms with E-state index in [9.17, 15) is 9.50 Å². The fourth-order valence-electron chi connectivity index (χ4n) is 2.88. The first-order valence-corrected chi connectivity index (χ1v) is 11.1. The normalized spacial score (nSPS) is 12.4. The third-order valence-corrected chi connectivity index (χ3v) is 5.04. The van der Waals surface area contributed by atoms with Gasteiger partial charge in [0.2, 0.25) is 0 Å². The molecule has 0 aliphatic rings. The molecule has 0 fully saturated rings. The standard InChI is InChI=1S/C22H30FN3O3S/c1-5-24-22(25-12-15-6-7-18(23)8-17(15)14-30-4)26-13-21(27)16-9-19(28-2)11-20(10-16)29-3/h6-11,21,27H,5,12-14H2,1-4H3,(H2,24,25,26). The summed E-state index contributed by atoms with van der Waals surface area (Å²) in [6.07, 6.45) is 1.20. The van der Waals surface area contributed by atoms with Gasteiger partial charge in [0.15, 0.2) is 5.96 Å². The molecule has 1 atom stereocenters. The van der Waals surface area contributed by atoms with Crippen molar-refractivity contribution >= 4 is 17.7 Å². The number of aliphatic hydroxyl groups is 1. The first kappa shape index (κ1) is 23.8. The van der Waals surface area contributed by atoms with Crippen molar-refractivity contribution in [3.63, 3.8) is 0 Å². The van der Waals surface area contributed by atoms with Crippen LogP contribution in [0, 0.1) is 5.82 Å². The minimum atomic E-state index is -0.782. The fourth-order valence-corrected chi connectivity index (χ4v) is 3.46. The number of nitrogens with one attached hydrogen (secondary N) is 2. The predicted molar refractivity (Wildman–Crippen MR) is 121 cm³/mol. The Labute approximate surface area is 181 Å². The van der Waals surface area contributed by atoms with E-state index in [4.69, 9.17) is 9.47 Å². The number of ether oxygens (including phenoxy) is 2. The van der Waals surface area contributed by atoms with Crippen molar-refractivity contribution in [3.8, 4) is 11.5 Å². The van der Waals surface area contributed by atoms with Gasteiger partial charge in [0.05, 0.1) is 26.9 Å². The number of thioether (sulfide) groups is 1. The second kappa shape index (κ2) is 12.3. The lowest BCUT2D eigenvalue weighted by Gasteiger charge is -2.17. The van der Waals surface area contributed by atoms with E-state index < -0.39 is 6.10 Å². The van der Waals surface area contributed by atoms with Gasteiger partial charge < -0.3 is 25.2 Å². The van der Waals surface area contributed by atoms with Gasteiger partial charge in [-0.25, -0.2) is 9.38 Å². The van der Waals surface area contributed by atoms with Gasteiger partial charge in [0, 0.05) is 24.9 Å². The molecule has 0 saturated heterocycles. The summed E-state index contributed by atoms with van der Waals surface area (Å²) in [4.78, 5) is 4.59. The number of aliphatic imine (C=N–C) groups is 1. The van der Waals surface area contributed by atoms with E-state index in [-0.39, 0.29) is 12.4 Å². The van der Waals surface area contributed by atoms with Crippen molar-refractivity contribution in [2.45, 2.75) is 25.3 Å². The quantitative estimate of drug-likeness (QED) is 0.392. The smallest absolute Gasteiger partial charge is 0.191 e. The molecule has 8 heteroatoms. The molecule has 0 radical (unpaired) electrons. The molecule has 3 N–H and O–H groups in total. The highest BCUT2D eigenvalue weighted by atomic mass is 32.2. The number of rotatable bonds is 10. The van der Waals surface area contributed by atoms with Gasteiger partial charge in [0.1, 0.15) is 17.3 Å². The van der Waals surface area contributed by atoms with Crippen LogP contribution in [0.15, 0.2) is 41.4 Å². The van der Waals surface area contributed by atoms with E-state index in [1.165, 1.54) is 6.07 Å². The van der Waals surface area contributed by atoms with Gasteiger partial charge in [-0.15, -0.1) is 0 Å². The van der Waals surface area contributed by atoms with Crippen LogP contribution in [0.2, 0.25) is 0 Å². The maximum Gasteiger partial charge on any atom is 0.191 e. The fraction of sp³-hybridized carbons (Fsp3) is 0.409. The Morgan fingerprint density at radius 3 is 2.40 bits per heavy atom. The summed E-state index contributed by atoms with van der Waals surface area (Å²) in [6.45, 7) is 3.31. The lowest BCUT2D eigenvalue weighted by Crippen LogP contribution is -2.39. The van der Waals surface area contributed by atoms with Crippen LogP contribution in [-0.2, 0) is 12.3 Å². The molecular weight excluding hydrogens is 405 g/mol. The van der Waals surface area contributed by atoms with Crippen LogP contribution in [0.4, 0.5) is 4.39 Å². The molecule has 6 nitrogen and oxygen atoms in total. The summed E-state index contributed by atoms with van der Waals surface area (Å²) in [7, 11) is 3.14. The van der Waals surface area contributed by atoms with E-state index in [2.05, 4.69) is 15.6 Å². The third kappa shape index (κ3) is 7.11. The van der Waals surface area contributed by atoms with Crippen LogP contribution in [0.1, 0.15) is 29.7 Å². The third-order valence-electron chi connectivity index (χ3n) is 4.44. The SMILES string of the molecule is CCNC(=NCc1ccc(F)cc1CSC)NCC(O)c1cc(OC)cc(OC)c1. The maximum absolute atomic E-state index is 13.6. The van der Waals surface area contributed by atoms with Gasteiger partial charge in [-0.05, 0) is 54.1 Å². The molecule has 0 bridgehead atoms. The number of hydrogen-bond acceptors (Lipinski definition) is 5. The molecule has 1 unspecified atom stereocenters. The maximum atomic E-state index is 13.6. The first-order valence-electron chi connectivity index (χ1n) is 9.70. The second-order valence-corrected chi connectivity index (χ2v) is 7.45. The molecule has 2 rings (SSSR count). The Bertz CT molecular complexity index is 826. The van der Waals surface area contributed by atoms with Crippen LogP contribution < -0.4 is 20.1 Å². The minimum Gasteiger partial charge on any atom is -0.497 e. The van der Waals surface area contributed by atoms with Crippen molar-refractivity contribution in [1.29, 1.82) is 0 Å². The minimum absolute atomic E-state index is 0.242. The second-order valence-electron chi connectivity index (χ2n) is 6.58. The number of benzene rings is 2.